The van der Waals surface area contributed by atoms with Crippen LogP contribution in [-0.4, -0.2) is 85.7 Å². The summed E-state index contributed by atoms with van der Waals surface area (Å²) in [6.07, 6.45) is 15.2. The molecule has 620 valence electrons. The molecule has 0 saturated heterocycles. The molecule has 12 aromatic carbocycles. The Kier molecular flexibility index (Phi) is 32.6. The SMILES string of the molecule is CC(=O)Oc1ccc(-c2cnc(CC(=S)Cc3ccccc3)c(Cc3ccccc3)n2)cc1.OCc1ccc(-c2cnc(CC(=S)Cc3ccccc3)c(Cc3ccccc3)n2)cc1.Oc1ccc(-c2cnc(CC(=S)Cc3ccccc3)c(Cc3ccccc3)n2)cc1.Oc1ccc(CC(=S)Cc2ncc(-c3ccc(O)cc3)nc2Cc2ccccc2)cc1. The molecule has 16 aromatic rings. The number of phenolic OH excluding ortho intramolecular Hbond substituents is 3. The second kappa shape index (κ2) is 45.9. The number of carbonyl (C=O) groups excluding carboxylic acids is 1. The molecule has 4 aromatic heterocycles. The van der Waals surface area contributed by atoms with Crippen molar-refractivity contribution in [2.24, 2.45) is 0 Å². The highest BCUT2D eigenvalue weighted by atomic mass is 32.1. The van der Waals surface area contributed by atoms with E-state index in [2.05, 4.69) is 84.9 Å². The summed E-state index contributed by atoms with van der Waals surface area (Å²) in [6.45, 7) is 1.42. The van der Waals surface area contributed by atoms with Gasteiger partial charge >= 0.3 is 5.97 Å². The summed E-state index contributed by atoms with van der Waals surface area (Å²) >= 11 is 22.8. The molecule has 125 heavy (non-hydrogen) atoms. The van der Waals surface area contributed by atoms with Gasteiger partial charge in [-0.3, -0.25) is 24.7 Å². The van der Waals surface area contributed by atoms with E-state index in [-0.39, 0.29) is 29.8 Å². The van der Waals surface area contributed by atoms with Gasteiger partial charge in [-0.1, -0.05) is 298 Å². The van der Waals surface area contributed by atoms with Crippen molar-refractivity contribution in [1.82, 2.24) is 39.9 Å². The van der Waals surface area contributed by atoms with Crippen molar-refractivity contribution >= 4 is 74.3 Å². The topological polar surface area (TPSA) is 210 Å². The third kappa shape index (κ3) is 28.1. The van der Waals surface area contributed by atoms with E-state index in [9.17, 15) is 25.2 Å². The van der Waals surface area contributed by atoms with Crippen molar-refractivity contribution in [2.75, 3.05) is 0 Å². The fourth-order valence-electron chi connectivity index (χ4n) is 13.9. The smallest absolute Gasteiger partial charge is 0.308 e. The van der Waals surface area contributed by atoms with Gasteiger partial charge in [0, 0.05) is 126 Å². The quantitative estimate of drug-likeness (QED) is 0.0187. The van der Waals surface area contributed by atoms with E-state index < -0.39 is 0 Å². The highest BCUT2D eigenvalue weighted by molar-refractivity contribution is 7.81. The number of hydrogen-bond acceptors (Lipinski definition) is 18. The Labute approximate surface area is 751 Å². The molecule has 14 nitrogen and oxygen atoms in total. The van der Waals surface area contributed by atoms with E-state index in [4.69, 9.17) is 93.5 Å². The lowest BCUT2D eigenvalue weighted by Gasteiger charge is -2.12. The van der Waals surface area contributed by atoms with Crippen molar-refractivity contribution in [3.63, 3.8) is 0 Å². The molecule has 0 aliphatic carbocycles. The van der Waals surface area contributed by atoms with Crippen LogP contribution in [0.15, 0.2) is 358 Å². The number of thiocarbonyl (C=S) groups is 4. The van der Waals surface area contributed by atoms with Gasteiger partial charge in [-0.15, -0.1) is 0 Å². The molecule has 4 heterocycles. The van der Waals surface area contributed by atoms with E-state index in [1.165, 1.54) is 40.3 Å². The summed E-state index contributed by atoms with van der Waals surface area (Å²) in [4.78, 5) is 53.6. The zero-order chi connectivity index (χ0) is 86.9. The molecule has 0 bridgehead atoms. The van der Waals surface area contributed by atoms with Crippen molar-refractivity contribution in [3.8, 4) is 68.0 Å². The zero-order valence-electron chi connectivity index (χ0n) is 69.1. The average Bonchev–Trinajstić information content (AvgIpc) is 0.831. The number of aromatic nitrogens is 8. The number of aromatic hydroxyl groups is 3. The second-order valence-corrected chi connectivity index (χ2v) is 32.3. The van der Waals surface area contributed by atoms with E-state index in [0.717, 1.165) is 146 Å². The van der Waals surface area contributed by atoms with Gasteiger partial charge in [0.2, 0.25) is 0 Å². The Hall–Kier alpha value is -13.9. The number of hydrogen-bond donors (Lipinski definition) is 4. The lowest BCUT2D eigenvalue weighted by molar-refractivity contribution is -0.131. The van der Waals surface area contributed by atoms with E-state index in [0.29, 0.717) is 63.5 Å². The van der Waals surface area contributed by atoms with Gasteiger partial charge in [-0.05, 0) is 135 Å². The third-order valence-electron chi connectivity index (χ3n) is 20.3. The Morgan fingerprint density at radius 2 is 0.464 bits per heavy atom. The number of esters is 1. The Bertz CT molecular complexity index is 6220. The van der Waals surface area contributed by atoms with Gasteiger partial charge in [0.15, 0.2) is 0 Å². The maximum atomic E-state index is 11.2. The van der Waals surface area contributed by atoms with Crippen LogP contribution in [0.4, 0.5) is 0 Å². The molecule has 4 N–H and O–H groups in total. The van der Waals surface area contributed by atoms with Gasteiger partial charge in [0.05, 0.1) is 99.7 Å². The van der Waals surface area contributed by atoms with Crippen LogP contribution in [0.5, 0.6) is 23.0 Å². The zero-order valence-corrected chi connectivity index (χ0v) is 72.3. The van der Waals surface area contributed by atoms with Crippen LogP contribution in [0.3, 0.4) is 0 Å². The van der Waals surface area contributed by atoms with Crippen LogP contribution >= 0.6 is 48.9 Å². The van der Waals surface area contributed by atoms with Crippen LogP contribution < -0.4 is 4.74 Å². The van der Waals surface area contributed by atoms with Crippen LogP contribution in [0, 0.1) is 0 Å². The average molecular weight is 1710 g/mol. The first kappa shape index (κ1) is 88.9. The largest absolute Gasteiger partial charge is 0.508 e. The Morgan fingerprint density at radius 3 is 0.704 bits per heavy atom. The molecule has 0 aliphatic heterocycles. The molecule has 0 aliphatic rings. The van der Waals surface area contributed by atoms with Gasteiger partial charge < -0.3 is 25.2 Å². The molecule has 0 spiro atoms. The van der Waals surface area contributed by atoms with Crippen molar-refractivity contribution in [2.45, 2.75) is 90.6 Å². The Morgan fingerprint density at radius 1 is 0.256 bits per heavy atom. The number of ether oxygens (including phenoxy) is 1. The summed E-state index contributed by atoms with van der Waals surface area (Å²) in [6, 6.07) is 108. The maximum absolute atomic E-state index is 11.2. The van der Waals surface area contributed by atoms with Gasteiger partial charge in [-0.25, -0.2) is 19.9 Å². The number of benzene rings is 12. The molecule has 0 unspecified atom stereocenters. The number of rotatable bonds is 30. The molecule has 0 fully saturated rings. The highest BCUT2D eigenvalue weighted by Gasteiger charge is 2.19. The Balaban J connectivity index is 0.000000143. The van der Waals surface area contributed by atoms with E-state index in [1.54, 1.807) is 67.1 Å². The highest BCUT2D eigenvalue weighted by Crippen LogP contribution is 2.29. The molecule has 16 rings (SSSR count). The van der Waals surface area contributed by atoms with E-state index in [1.807, 2.05) is 206 Å². The lowest BCUT2D eigenvalue weighted by Crippen LogP contribution is -2.11. The summed E-state index contributed by atoms with van der Waals surface area (Å²) in [7, 11) is 0. The van der Waals surface area contributed by atoms with Gasteiger partial charge in [-0.2, -0.15) is 0 Å². The molecule has 0 saturated carbocycles. The lowest BCUT2D eigenvalue weighted by atomic mass is 10.0. The van der Waals surface area contributed by atoms with Crippen molar-refractivity contribution < 1.29 is 30.0 Å². The van der Waals surface area contributed by atoms with Crippen molar-refractivity contribution in [3.05, 3.63) is 454 Å². The first-order valence-corrected chi connectivity index (χ1v) is 42.7. The van der Waals surface area contributed by atoms with Gasteiger partial charge in [0.1, 0.15) is 23.0 Å². The molecular formula is C107H92N8O6S4. The number of aliphatic hydroxyl groups excluding tert-OH is 1. The maximum Gasteiger partial charge on any atom is 0.308 e. The number of phenols is 3. The predicted molar refractivity (Wildman–Crippen MR) is 515 cm³/mol. The minimum Gasteiger partial charge on any atom is -0.508 e. The minimum absolute atomic E-state index is 0.0308. The molecule has 0 amide bonds. The van der Waals surface area contributed by atoms with E-state index >= 15 is 0 Å². The van der Waals surface area contributed by atoms with Gasteiger partial charge in [0.25, 0.3) is 0 Å². The standard InChI is InChI=1S/C28H24N2O2S.C27H24N2OS.C26H22N2O2S.C26H22N2OS/c1-20(31)32-24-14-12-23(13-15-24)28-19-29-26(18-25(33)16-21-8-4-2-5-9-21)27(30-28)17-22-10-6-3-7-11-22;30-19-22-11-13-23(14-12-22)27-18-28-25(17-24(31)15-20-7-3-1-4-8-20)26(29-27)16-21-9-5-2-6-10-21;29-21-10-6-19(7-11-21)14-23(31)16-24-25(15-18-4-2-1-3-5-18)28-26(17-27-24)20-8-12-22(30)13-9-20;29-22-13-11-21(12-14-22)26-18-27-24(17-23(30)15-19-7-3-1-4-8-19)25(28-26)16-20-9-5-2-6-10-20/h2-15,19H,16-18H2,1H3;1-14,18,30H,15-17,19H2;1-13,17,29-30H,14-16H2;1-14,18,29H,15-17H2. The minimum atomic E-state index is -0.344. The van der Waals surface area contributed by atoms with Crippen LogP contribution in [0.1, 0.15) is 103 Å². The van der Waals surface area contributed by atoms with Crippen LogP contribution in [-0.2, 0) is 88.5 Å². The van der Waals surface area contributed by atoms with Crippen molar-refractivity contribution in [1.29, 1.82) is 0 Å². The number of nitrogens with zero attached hydrogens (tertiary/aromatic N) is 8. The summed E-state index contributed by atoms with van der Waals surface area (Å²) in [5, 5.41) is 37.9. The van der Waals surface area contributed by atoms with Crippen LogP contribution in [0.25, 0.3) is 45.0 Å². The van der Waals surface area contributed by atoms with Crippen LogP contribution in [0.2, 0.25) is 0 Å². The summed E-state index contributed by atoms with van der Waals surface area (Å²) in [5.74, 6) is 0.863. The number of carbonyl (C=O) groups is 1. The summed E-state index contributed by atoms with van der Waals surface area (Å²) < 4.78 is 5.13. The number of aliphatic hydroxyl groups is 1. The first-order chi connectivity index (χ1) is 61.0. The summed E-state index contributed by atoms with van der Waals surface area (Å²) in [5.41, 5.74) is 24.4. The molecular weight excluding hydrogens is 1620 g/mol. The molecule has 0 radical (unpaired) electrons. The molecule has 0 atom stereocenters. The molecule has 18 heteroatoms. The fourth-order valence-corrected chi connectivity index (χ4v) is 15.1. The normalized spacial score (nSPS) is 10.7. The predicted octanol–water partition coefficient (Wildman–Crippen LogP) is 22.1. The monoisotopic (exact) mass is 1710 g/mol. The second-order valence-electron chi connectivity index (χ2n) is 30.0. The first-order valence-electron chi connectivity index (χ1n) is 41.1. The third-order valence-corrected chi connectivity index (χ3v) is 21.4. The fraction of sp³-hybridized carbons (Fsp3) is 0.131.